The van der Waals surface area contributed by atoms with Crippen LogP contribution in [-0.2, 0) is 17.8 Å². The van der Waals surface area contributed by atoms with Gasteiger partial charge in [-0.3, -0.25) is 4.79 Å². The number of amides is 1. The Morgan fingerprint density at radius 2 is 2.17 bits per heavy atom. The predicted octanol–water partition coefficient (Wildman–Crippen LogP) is 3.26. The number of terminal acetylenes is 1. The zero-order chi connectivity index (χ0) is 20.5. The Kier molecular flexibility index (Phi) is 4.81. The van der Waals surface area contributed by atoms with Gasteiger partial charge in [-0.1, -0.05) is 12.0 Å². The monoisotopic (exact) mass is 386 g/mol. The van der Waals surface area contributed by atoms with Crippen LogP contribution in [0.15, 0.2) is 30.6 Å². The second kappa shape index (κ2) is 7.44. The van der Waals surface area contributed by atoms with E-state index in [-0.39, 0.29) is 5.91 Å². The number of methoxy groups -OCH3 is 1. The minimum absolute atomic E-state index is 0.0948. The van der Waals surface area contributed by atoms with Crippen molar-refractivity contribution in [2.75, 3.05) is 18.6 Å². The molecule has 0 fully saturated rings. The summed E-state index contributed by atoms with van der Waals surface area (Å²) >= 11 is 0. The van der Waals surface area contributed by atoms with E-state index in [9.17, 15) is 4.79 Å². The number of hydrogen-bond acceptors (Lipinski definition) is 5. The molecule has 4 rings (SSSR count). The van der Waals surface area contributed by atoms with Gasteiger partial charge in [0, 0.05) is 48.3 Å². The topological polar surface area (TPSA) is 67.3 Å². The average Bonchev–Trinajstić information content (AvgIpc) is 3.16. The number of hydrogen-bond donors (Lipinski definition) is 1. The highest BCUT2D eigenvalue weighted by Crippen LogP contribution is 2.40. The van der Waals surface area contributed by atoms with E-state index < -0.39 is 0 Å². The summed E-state index contributed by atoms with van der Waals surface area (Å²) < 4.78 is 5.51. The zero-order valence-electron chi connectivity index (χ0n) is 16.7. The molecule has 6 nitrogen and oxygen atoms in total. The summed E-state index contributed by atoms with van der Waals surface area (Å²) in [6.07, 6.45) is 8.19. The Labute approximate surface area is 169 Å². The van der Waals surface area contributed by atoms with Gasteiger partial charge in [-0.2, -0.15) is 0 Å². The first kappa shape index (κ1) is 18.8. The van der Waals surface area contributed by atoms with Crippen LogP contribution in [0.2, 0.25) is 0 Å². The van der Waals surface area contributed by atoms with E-state index in [1.54, 1.807) is 13.4 Å². The molecule has 0 aliphatic carbocycles. The smallest absolute Gasteiger partial charge is 0.217 e. The number of aromatic nitrogens is 2. The number of nitrogens with zero attached hydrogens (tertiary/aromatic N) is 3. The molecule has 0 spiro atoms. The lowest BCUT2D eigenvalue weighted by Crippen LogP contribution is -2.20. The van der Waals surface area contributed by atoms with Gasteiger partial charge < -0.3 is 15.0 Å². The number of carbonyl (C=O) groups excluding carboxylic acids is 1. The van der Waals surface area contributed by atoms with Crippen LogP contribution in [0.4, 0.5) is 11.5 Å². The third-order valence-corrected chi connectivity index (χ3v) is 5.34. The predicted molar refractivity (Wildman–Crippen MR) is 113 cm³/mol. The molecule has 0 radical (unpaired) electrons. The highest BCUT2D eigenvalue weighted by molar-refractivity contribution is 5.94. The average molecular weight is 386 g/mol. The van der Waals surface area contributed by atoms with E-state index >= 15 is 0 Å². The van der Waals surface area contributed by atoms with Crippen molar-refractivity contribution in [2.24, 2.45) is 0 Å². The largest absolute Gasteiger partial charge is 0.496 e. The number of benzene rings is 2. The van der Waals surface area contributed by atoms with Gasteiger partial charge in [0.25, 0.3) is 0 Å². The lowest BCUT2D eigenvalue weighted by atomic mass is 10.0. The van der Waals surface area contributed by atoms with Gasteiger partial charge in [-0.25, -0.2) is 9.97 Å². The van der Waals surface area contributed by atoms with Crippen LogP contribution in [0.25, 0.3) is 10.9 Å². The molecule has 1 aromatic heterocycles. The normalized spacial score (nSPS) is 12.6. The molecular weight excluding hydrogens is 364 g/mol. The Hall–Kier alpha value is -3.59. The van der Waals surface area contributed by atoms with E-state index in [0.29, 0.717) is 12.3 Å². The van der Waals surface area contributed by atoms with Crippen molar-refractivity contribution in [3.05, 3.63) is 52.8 Å². The zero-order valence-corrected chi connectivity index (χ0v) is 16.7. The number of rotatable bonds is 4. The molecule has 0 saturated carbocycles. The van der Waals surface area contributed by atoms with Gasteiger partial charge in [0.05, 0.1) is 12.6 Å². The second-order valence-electron chi connectivity index (χ2n) is 7.08. The Bertz CT molecular complexity index is 1160. The van der Waals surface area contributed by atoms with Crippen LogP contribution in [0.3, 0.4) is 0 Å². The summed E-state index contributed by atoms with van der Waals surface area (Å²) in [5.41, 5.74) is 6.03. The number of fused-ring (bicyclic) bond motifs is 2. The third kappa shape index (κ3) is 3.25. The van der Waals surface area contributed by atoms with Crippen LogP contribution < -0.4 is 15.0 Å². The van der Waals surface area contributed by atoms with E-state index in [2.05, 4.69) is 39.1 Å². The summed E-state index contributed by atoms with van der Waals surface area (Å²) in [5, 5.41) is 3.74. The summed E-state index contributed by atoms with van der Waals surface area (Å²) in [6, 6.07) is 8.00. The number of anilines is 2. The maximum absolute atomic E-state index is 11.4. The second-order valence-corrected chi connectivity index (χ2v) is 7.08. The Morgan fingerprint density at radius 3 is 2.90 bits per heavy atom. The molecule has 1 N–H and O–H groups in total. The Balaban J connectivity index is 1.87. The quantitative estimate of drug-likeness (QED) is 0.697. The summed E-state index contributed by atoms with van der Waals surface area (Å²) in [5.74, 6) is 4.19. The van der Waals surface area contributed by atoms with Gasteiger partial charge in [0.15, 0.2) is 0 Å². The molecule has 0 unspecified atom stereocenters. The summed E-state index contributed by atoms with van der Waals surface area (Å²) in [4.78, 5) is 22.6. The molecule has 29 heavy (non-hydrogen) atoms. The van der Waals surface area contributed by atoms with Crippen molar-refractivity contribution < 1.29 is 9.53 Å². The van der Waals surface area contributed by atoms with Crippen LogP contribution in [0.5, 0.6) is 5.75 Å². The lowest BCUT2D eigenvalue weighted by Gasteiger charge is -2.23. The van der Waals surface area contributed by atoms with Crippen LogP contribution in [-0.4, -0.2) is 29.5 Å². The standard InChI is InChI=1S/C23H22N4O2/c1-5-16-6-7-17-8-9-27(22(17)14(16)2)23-19-10-18(12-24-15(3)28)21(29-4)11-20(19)25-13-26-23/h1,6-7,10-11,13H,8-9,12H2,2-4H3,(H,24,28). The first-order valence-corrected chi connectivity index (χ1v) is 9.46. The molecule has 0 bridgehead atoms. The van der Waals surface area contributed by atoms with Crippen LogP contribution in [0.1, 0.15) is 29.2 Å². The third-order valence-electron chi connectivity index (χ3n) is 5.34. The fourth-order valence-corrected chi connectivity index (χ4v) is 3.92. The Morgan fingerprint density at radius 1 is 1.34 bits per heavy atom. The van der Waals surface area contributed by atoms with E-state index in [4.69, 9.17) is 11.2 Å². The first-order chi connectivity index (χ1) is 14.0. The van der Waals surface area contributed by atoms with Crippen molar-refractivity contribution in [2.45, 2.75) is 26.8 Å². The van der Waals surface area contributed by atoms with Gasteiger partial charge in [-0.05, 0) is 36.6 Å². The van der Waals surface area contributed by atoms with Crippen molar-refractivity contribution in [1.29, 1.82) is 0 Å². The number of ether oxygens (including phenoxy) is 1. The van der Waals surface area contributed by atoms with Gasteiger partial charge in [-0.15, -0.1) is 6.42 Å². The first-order valence-electron chi connectivity index (χ1n) is 9.46. The van der Waals surface area contributed by atoms with Crippen LogP contribution >= 0.6 is 0 Å². The van der Waals surface area contributed by atoms with Crippen molar-refractivity contribution in [3.63, 3.8) is 0 Å². The molecule has 3 aromatic rings. The van der Waals surface area contributed by atoms with Gasteiger partial charge >= 0.3 is 0 Å². The molecule has 146 valence electrons. The molecule has 1 aliphatic heterocycles. The molecule has 6 heteroatoms. The fourth-order valence-electron chi connectivity index (χ4n) is 3.92. The molecule has 2 heterocycles. The van der Waals surface area contributed by atoms with E-state index in [1.165, 1.54) is 12.5 Å². The van der Waals surface area contributed by atoms with Crippen molar-refractivity contribution >= 4 is 28.3 Å². The van der Waals surface area contributed by atoms with E-state index in [0.717, 1.165) is 52.1 Å². The van der Waals surface area contributed by atoms with Crippen molar-refractivity contribution in [1.82, 2.24) is 15.3 Å². The van der Waals surface area contributed by atoms with Gasteiger partial charge in [0.1, 0.15) is 17.9 Å². The van der Waals surface area contributed by atoms with Gasteiger partial charge in [0.2, 0.25) is 5.91 Å². The highest BCUT2D eigenvalue weighted by Gasteiger charge is 2.26. The maximum Gasteiger partial charge on any atom is 0.217 e. The minimum Gasteiger partial charge on any atom is -0.496 e. The van der Waals surface area contributed by atoms with Crippen LogP contribution in [0, 0.1) is 19.3 Å². The highest BCUT2D eigenvalue weighted by atomic mass is 16.5. The number of nitrogens with one attached hydrogen (secondary N) is 1. The minimum atomic E-state index is -0.0948. The fraction of sp³-hybridized carbons (Fsp3) is 0.261. The lowest BCUT2D eigenvalue weighted by molar-refractivity contribution is -0.119. The molecular formula is C23H22N4O2. The molecule has 0 atom stereocenters. The SMILES string of the molecule is C#Cc1ccc2c(c1C)N(c1ncnc3cc(OC)c(CNC(C)=O)cc13)CC2. The molecule has 0 saturated heterocycles. The summed E-state index contributed by atoms with van der Waals surface area (Å²) in [6.45, 7) is 4.75. The molecule has 1 amide bonds. The summed E-state index contributed by atoms with van der Waals surface area (Å²) in [7, 11) is 1.61. The number of carbonyl (C=O) groups is 1. The van der Waals surface area contributed by atoms with E-state index in [1.807, 2.05) is 18.2 Å². The molecule has 2 aromatic carbocycles. The maximum atomic E-state index is 11.4. The molecule has 1 aliphatic rings. The van der Waals surface area contributed by atoms with Crippen molar-refractivity contribution in [3.8, 4) is 18.1 Å².